The average Bonchev–Trinajstić information content (AvgIpc) is 3.65. The third-order valence-electron chi connectivity index (χ3n) is 11.4. The highest BCUT2D eigenvalue weighted by atomic mass is 16.3. The Morgan fingerprint density at radius 2 is 1.25 bits per heavy atom. The molecule has 0 amide bonds. The van der Waals surface area contributed by atoms with Gasteiger partial charge in [-0.15, -0.1) is 0 Å². The maximum absolute atomic E-state index is 6.31. The zero-order chi connectivity index (χ0) is 36.3. The van der Waals surface area contributed by atoms with Crippen molar-refractivity contribution in [2.45, 2.75) is 25.2 Å². The zero-order valence-corrected chi connectivity index (χ0v) is 30.1. The summed E-state index contributed by atoms with van der Waals surface area (Å²) in [6.07, 6.45) is 9.54. The van der Waals surface area contributed by atoms with Crippen molar-refractivity contribution in [1.29, 1.82) is 0 Å². The Morgan fingerprint density at radius 1 is 0.545 bits per heavy atom. The SMILES string of the molecule is C1=CC(c2nc(-c3ccc(-c4cccc5ccccc45)cc3)nc(-c3cccc4c3=CCCC=4c3cccc4oc5ccccc5c34)n2)Cc2ccccc21. The van der Waals surface area contributed by atoms with Gasteiger partial charge >= 0.3 is 0 Å². The van der Waals surface area contributed by atoms with E-state index in [1.54, 1.807) is 0 Å². The van der Waals surface area contributed by atoms with Gasteiger partial charge in [0.1, 0.15) is 17.0 Å². The number of nitrogens with zero attached hydrogens (tertiary/aromatic N) is 3. The van der Waals surface area contributed by atoms with Crippen molar-refractivity contribution in [2.24, 2.45) is 0 Å². The fourth-order valence-electron chi connectivity index (χ4n) is 8.71. The topological polar surface area (TPSA) is 51.8 Å². The molecule has 55 heavy (non-hydrogen) atoms. The highest BCUT2D eigenvalue weighted by Crippen LogP contribution is 2.36. The summed E-state index contributed by atoms with van der Waals surface area (Å²) in [6, 6.07) is 53.7. The molecule has 11 rings (SSSR count). The number of aromatic nitrogens is 3. The van der Waals surface area contributed by atoms with Gasteiger partial charge in [-0.25, -0.2) is 15.0 Å². The van der Waals surface area contributed by atoms with E-state index < -0.39 is 0 Å². The molecule has 4 heteroatoms. The summed E-state index contributed by atoms with van der Waals surface area (Å²) < 4.78 is 6.31. The van der Waals surface area contributed by atoms with Crippen molar-refractivity contribution in [3.63, 3.8) is 0 Å². The second-order valence-corrected chi connectivity index (χ2v) is 14.6. The van der Waals surface area contributed by atoms with Crippen molar-refractivity contribution in [2.75, 3.05) is 0 Å². The van der Waals surface area contributed by atoms with Gasteiger partial charge in [0.15, 0.2) is 11.6 Å². The van der Waals surface area contributed by atoms with Crippen molar-refractivity contribution in [3.05, 3.63) is 191 Å². The zero-order valence-electron chi connectivity index (χ0n) is 30.1. The van der Waals surface area contributed by atoms with Gasteiger partial charge in [0.05, 0.1) is 0 Å². The van der Waals surface area contributed by atoms with Crippen LogP contribution in [0.25, 0.3) is 84.3 Å². The van der Waals surface area contributed by atoms with Crippen LogP contribution in [0.5, 0.6) is 0 Å². The summed E-state index contributed by atoms with van der Waals surface area (Å²) >= 11 is 0. The second kappa shape index (κ2) is 12.9. The Labute approximate surface area is 318 Å². The van der Waals surface area contributed by atoms with Crippen LogP contribution in [0.1, 0.15) is 41.3 Å². The molecule has 0 spiro atoms. The molecule has 0 saturated carbocycles. The Morgan fingerprint density at radius 3 is 2.20 bits per heavy atom. The largest absolute Gasteiger partial charge is 0.456 e. The molecule has 0 saturated heterocycles. The molecule has 9 aromatic rings. The Hall–Kier alpha value is -6.91. The normalized spacial score (nSPS) is 14.9. The maximum Gasteiger partial charge on any atom is 0.164 e. The van der Waals surface area contributed by atoms with Gasteiger partial charge in [0.25, 0.3) is 0 Å². The maximum atomic E-state index is 6.31. The summed E-state index contributed by atoms with van der Waals surface area (Å²) in [5.41, 5.74) is 11.3. The standard InChI is InChI=1S/C51H35N3O/c1-2-13-36-31-37(30-25-32(36)11-1)50-52-49(35-28-26-34(27-29-35)39-17-7-14-33-12-3-4-15-38(33)39)53-51(54-50)44-22-9-18-40-41(19-8-20-42(40)44)43-21-10-24-47-48(43)45-16-5-6-23-46(45)55-47/h1-7,9-18,20-30,37H,8,19,31H2. The smallest absolute Gasteiger partial charge is 0.164 e. The van der Waals surface area contributed by atoms with Crippen LogP contribution in [0.4, 0.5) is 0 Å². The lowest BCUT2D eigenvalue weighted by molar-refractivity contribution is 0.669. The molecule has 2 heterocycles. The van der Waals surface area contributed by atoms with Crippen LogP contribution in [0.3, 0.4) is 0 Å². The van der Waals surface area contributed by atoms with Crippen LogP contribution < -0.4 is 10.4 Å². The Kier molecular flexibility index (Phi) is 7.41. The van der Waals surface area contributed by atoms with Gasteiger partial charge in [-0.1, -0.05) is 158 Å². The number of para-hydroxylation sites is 1. The summed E-state index contributed by atoms with van der Waals surface area (Å²) in [6.45, 7) is 0. The van der Waals surface area contributed by atoms with Gasteiger partial charge in [0, 0.05) is 27.8 Å². The van der Waals surface area contributed by atoms with Crippen LogP contribution in [0, 0.1) is 0 Å². The predicted octanol–water partition coefficient (Wildman–Crippen LogP) is 11.1. The minimum Gasteiger partial charge on any atom is -0.456 e. The average molecular weight is 706 g/mol. The number of fused-ring (bicyclic) bond motifs is 6. The van der Waals surface area contributed by atoms with Crippen LogP contribution in [0.15, 0.2) is 162 Å². The van der Waals surface area contributed by atoms with Crippen LogP contribution in [0.2, 0.25) is 0 Å². The Bertz CT molecular complexity index is 3130. The molecular weight excluding hydrogens is 671 g/mol. The van der Waals surface area contributed by atoms with Crippen LogP contribution in [-0.4, -0.2) is 15.0 Å². The van der Waals surface area contributed by atoms with Crippen LogP contribution in [-0.2, 0) is 6.42 Å². The molecule has 4 nitrogen and oxygen atoms in total. The number of allylic oxidation sites excluding steroid dienone is 1. The van der Waals surface area contributed by atoms with Gasteiger partial charge in [-0.3, -0.25) is 0 Å². The Balaban J connectivity index is 1.08. The molecule has 2 aliphatic carbocycles. The van der Waals surface area contributed by atoms with Gasteiger partial charge in [-0.2, -0.15) is 0 Å². The molecule has 0 bridgehead atoms. The van der Waals surface area contributed by atoms with E-state index in [1.165, 1.54) is 54.4 Å². The number of furan rings is 1. The summed E-state index contributed by atoms with van der Waals surface area (Å²) in [5, 5.41) is 7.19. The predicted molar refractivity (Wildman–Crippen MR) is 225 cm³/mol. The molecule has 0 N–H and O–H groups in total. The lowest BCUT2D eigenvalue weighted by atomic mass is 9.89. The first-order chi connectivity index (χ1) is 27.2. The molecule has 260 valence electrons. The first-order valence-corrected chi connectivity index (χ1v) is 19.1. The van der Waals surface area contributed by atoms with E-state index in [-0.39, 0.29) is 5.92 Å². The third-order valence-corrected chi connectivity index (χ3v) is 11.4. The van der Waals surface area contributed by atoms with Gasteiger partial charge in [0.2, 0.25) is 0 Å². The summed E-state index contributed by atoms with van der Waals surface area (Å²) in [5.74, 6) is 2.20. The van der Waals surface area contributed by atoms with E-state index >= 15 is 0 Å². The van der Waals surface area contributed by atoms with E-state index in [9.17, 15) is 0 Å². The first kappa shape index (κ1) is 31.6. The molecule has 1 atom stereocenters. The monoisotopic (exact) mass is 705 g/mol. The third kappa shape index (κ3) is 5.41. The number of rotatable bonds is 5. The molecule has 1 unspecified atom stereocenters. The van der Waals surface area contributed by atoms with Crippen molar-refractivity contribution in [3.8, 4) is 33.9 Å². The number of hydrogen-bond acceptors (Lipinski definition) is 4. The van der Waals surface area contributed by atoms with Crippen LogP contribution >= 0.6 is 0 Å². The van der Waals surface area contributed by atoms with E-state index in [2.05, 4.69) is 164 Å². The quantitative estimate of drug-likeness (QED) is 0.179. The van der Waals surface area contributed by atoms with E-state index in [1.807, 2.05) is 6.07 Å². The van der Waals surface area contributed by atoms with Crippen molar-refractivity contribution < 1.29 is 4.42 Å². The van der Waals surface area contributed by atoms with E-state index in [0.717, 1.165) is 58.3 Å². The first-order valence-electron chi connectivity index (χ1n) is 19.1. The molecule has 0 fully saturated rings. The van der Waals surface area contributed by atoms with E-state index in [4.69, 9.17) is 19.4 Å². The lowest BCUT2D eigenvalue weighted by Crippen LogP contribution is -2.32. The van der Waals surface area contributed by atoms with Gasteiger partial charge in [-0.05, 0) is 86.0 Å². The minimum absolute atomic E-state index is 0.0305. The summed E-state index contributed by atoms with van der Waals surface area (Å²) in [7, 11) is 0. The lowest BCUT2D eigenvalue weighted by Gasteiger charge is -2.20. The molecule has 0 aliphatic heterocycles. The second-order valence-electron chi connectivity index (χ2n) is 14.6. The van der Waals surface area contributed by atoms with Crippen molar-refractivity contribution >= 4 is 50.4 Å². The molecule has 7 aromatic carbocycles. The highest BCUT2D eigenvalue weighted by molar-refractivity contribution is 6.10. The van der Waals surface area contributed by atoms with Gasteiger partial charge < -0.3 is 4.42 Å². The number of benzene rings is 7. The molecule has 0 radical (unpaired) electrons. The van der Waals surface area contributed by atoms with E-state index in [0.29, 0.717) is 11.6 Å². The fourth-order valence-corrected chi connectivity index (χ4v) is 8.71. The fraction of sp³-hybridized carbons (Fsp3) is 0.0784. The highest BCUT2D eigenvalue weighted by Gasteiger charge is 2.23. The molecule has 2 aliphatic rings. The number of hydrogen-bond donors (Lipinski definition) is 0. The summed E-state index contributed by atoms with van der Waals surface area (Å²) in [4.78, 5) is 15.8. The minimum atomic E-state index is 0.0305. The molecule has 2 aromatic heterocycles. The molecular formula is C51H35N3O. The van der Waals surface area contributed by atoms with Crippen molar-refractivity contribution in [1.82, 2.24) is 15.0 Å².